The molecule has 0 amide bonds. The highest BCUT2D eigenvalue weighted by atomic mass is 16.5. The minimum Gasteiger partial charge on any atom is -0.495 e. The molecule has 0 saturated heterocycles. The van der Waals surface area contributed by atoms with Gasteiger partial charge in [-0.25, -0.2) is 6.57 Å². The first kappa shape index (κ1) is 8.41. The van der Waals surface area contributed by atoms with Crippen LogP contribution in [0.25, 0.3) is 4.85 Å². The Morgan fingerprint density at radius 1 is 1.58 bits per heavy atom. The van der Waals surface area contributed by atoms with E-state index in [2.05, 4.69) is 4.85 Å². The Kier molecular flexibility index (Phi) is 2.54. The van der Waals surface area contributed by atoms with Crippen LogP contribution < -0.4 is 10.5 Å². The SMILES string of the molecule is [C-]#[N+]Cc1ccc(N)c(OC)c1. The van der Waals surface area contributed by atoms with Crippen LogP contribution >= 0.6 is 0 Å². The van der Waals surface area contributed by atoms with Crippen LogP contribution in [0.5, 0.6) is 5.75 Å². The van der Waals surface area contributed by atoms with E-state index >= 15 is 0 Å². The van der Waals surface area contributed by atoms with E-state index in [-0.39, 0.29) is 0 Å². The van der Waals surface area contributed by atoms with Crippen molar-refractivity contribution >= 4 is 5.69 Å². The van der Waals surface area contributed by atoms with Gasteiger partial charge in [0.05, 0.1) is 12.8 Å². The fraction of sp³-hybridized carbons (Fsp3) is 0.222. The van der Waals surface area contributed by atoms with Crippen LogP contribution in [0.3, 0.4) is 0 Å². The summed E-state index contributed by atoms with van der Waals surface area (Å²) < 4.78 is 5.00. The van der Waals surface area contributed by atoms with Crippen molar-refractivity contribution in [2.24, 2.45) is 0 Å². The predicted molar refractivity (Wildman–Crippen MR) is 47.7 cm³/mol. The number of anilines is 1. The van der Waals surface area contributed by atoms with Gasteiger partial charge in [-0.15, -0.1) is 0 Å². The molecule has 0 aliphatic rings. The predicted octanol–water partition coefficient (Wildman–Crippen LogP) is 1.70. The number of methoxy groups -OCH3 is 1. The third-order valence-electron chi connectivity index (χ3n) is 1.56. The lowest BCUT2D eigenvalue weighted by atomic mass is 10.2. The molecule has 3 heteroatoms. The first-order valence-corrected chi connectivity index (χ1v) is 3.53. The first-order valence-electron chi connectivity index (χ1n) is 3.53. The zero-order valence-corrected chi connectivity index (χ0v) is 6.87. The van der Waals surface area contributed by atoms with Gasteiger partial charge < -0.3 is 15.3 Å². The van der Waals surface area contributed by atoms with Gasteiger partial charge in [0.15, 0.2) is 0 Å². The molecule has 0 radical (unpaired) electrons. The summed E-state index contributed by atoms with van der Waals surface area (Å²) in [7, 11) is 1.56. The molecule has 0 aliphatic carbocycles. The monoisotopic (exact) mass is 162 g/mol. The number of rotatable bonds is 2. The van der Waals surface area contributed by atoms with E-state index in [0.717, 1.165) is 5.56 Å². The highest BCUT2D eigenvalue weighted by Gasteiger charge is 2.01. The molecule has 1 aromatic carbocycles. The molecule has 0 bridgehead atoms. The summed E-state index contributed by atoms with van der Waals surface area (Å²) in [6.45, 7) is 7.05. The number of hydrogen-bond donors (Lipinski definition) is 1. The molecule has 0 atom stereocenters. The minimum absolute atomic E-state index is 0.372. The molecule has 0 heterocycles. The Balaban J connectivity index is 2.98. The first-order chi connectivity index (χ1) is 5.77. The zero-order valence-electron chi connectivity index (χ0n) is 6.87. The third-order valence-corrected chi connectivity index (χ3v) is 1.56. The maximum Gasteiger partial charge on any atom is 0.239 e. The van der Waals surface area contributed by atoms with Crippen molar-refractivity contribution in [3.8, 4) is 5.75 Å². The van der Waals surface area contributed by atoms with E-state index in [1.165, 1.54) is 0 Å². The van der Waals surface area contributed by atoms with E-state index in [9.17, 15) is 0 Å². The summed E-state index contributed by atoms with van der Waals surface area (Å²) in [5.41, 5.74) is 7.12. The molecule has 0 unspecified atom stereocenters. The van der Waals surface area contributed by atoms with Gasteiger partial charge in [-0.3, -0.25) is 0 Å². The van der Waals surface area contributed by atoms with Crippen LogP contribution in [0.15, 0.2) is 18.2 Å². The van der Waals surface area contributed by atoms with Crippen molar-refractivity contribution < 1.29 is 4.74 Å². The van der Waals surface area contributed by atoms with Crippen LogP contribution in [0.2, 0.25) is 0 Å². The van der Waals surface area contributed by atoms with Gasteiger partial charge in [0.25, 0.3) is 0 Å². The number of hydrogen-bond acceptors (Lipinski definition) is 2. The topological polar surface area (TPSA) is 39.6 Å². The largest absolute Gasteiger partial charge is 0.495 e. The van der Waals surface area contributed by atoms with E-state index in [0.29, 0.717) is 18.0 Å². The second-order valence-corrected chi connectivity index (χ2v) is 2.39. The number of nitrogens with zero attached hydrogens (tertiary/aromatic N) is 1. The lowest BCUT2D eigenvalue weighted by Gasteiger charge is -2.03. The number of nitrogen functional groups attached to an aromatic ring is 1. The lowest BCUT2D eigenvalue weighted by molar-refractivity contribution is 0.416. The fourth-order valence-electron chi connectivity index (χ4n) is 0.945. The highest BCUT2D eigenvalue weighted by Crippen LogP contribution is 2.22. The molecule has 0 fully saturated rings. The molecule has 0 aliphatic heterocycles. The van der Waals surface area contributed by atoms with E-state index in [1.807, 2.05) is 6.07 Å². The van der Waals surface area contributed by atoms with Crippen molar-refractivity contribution in [1.82, 2.24) is 0 Å². The van der Waals surface area contributed by atoms with E-state index < -0.39 is 0 Å². The standard InChI is InChI=1S/C9H10N2O/c1-11-6-7-3-4-8(10)9(5-7)12-2/h3-5H,6,10H2,2H3. The number of nitrogens with two attached hydrogens (primary N) is 1. The van der Waals surface area contributed by atoms with Crippen LogP contribution in [-0.2, 0) is 6.54 Å². The van der Waals surface area contributed by atoms with Gasteiger partial charge in [0.2, 0.25) is 6.54 Å². The van der Waals surface area contributed by atoms with Crippen molar-refractivity contribution in [3.05, 3.63) is 35.2 Å². The fourth-order valence-corrected chi connectivity index (χ4v) is 0.945. The summed E-state index contributed by atoms with van der Waals surface area (Å²) in [4.78, 5) is 3.26. The Morgan fingerprint density at radius 2 is 2.33 bits per heavy atom. The van der Waals surface area contributed by atoms with Crippen LogP contribution in [0, 0.1) is 6.57 Å². The third kappa shape index (κ3) is 1.67. The average molecular weight is 162 g/mol. The Labute approximate surface area is 71.6 Å². The molecule has 2 N–H and O–H groups in total. The van der Waals surface area contributed by atoms with Gasteiger partial charge in [0, 0.05) is 5.56 Å². The van der Waals surface area contributed by atoms with Gasteiger partial charge in [-0.05, 0) is 18.2 Å². The van der Waals surface area contributed by atoms with Gasteiger partial charge in [-0.1, -0.05) is 0 Å². The molecule has 3 nitrogen and oxygen atoms in total. The van der Waals surface area contributed by atoms with E-state index in [1.54, 1.807) is 19.2 Å². The quantitative estimate of drug-likeness (QED) is 0.531. The normalized spacial score (nSPS) is 9.00. The maximum atomic E-state index is 6.67. The average Bonchev–Trinajstić information content (AvgIpc) is 2.09. The Bertz CT molecular complexity index is 315. The second kappa shape index (κ2) is 3.63. The molecule has 1 rings (SSSR count). The number of ether oxygens (including phenoxy) is 1. The molecule has 0 aromatic heterocycles. The minimum atomic E-state index is 0.372. The Morgan fingerprint density at radius 3 is 2.92 bits per heavy atom. The molecule has 0 saturated carbocycles. The van der Waals surface area contributed by atoms with E-state index in [4.69, 9.17) is 17.0 Å². The molecule has 0 spiro atoms. The van der Waals surface area contributed by atoms with Crippen LogP contribution in [0.1, 0.15) is 5.56 Å². The van der Waals surface area contributed by atoms with Gasteiger partial charge in [0.1, 0.15) is 5.75 Å². The van der Waals surface area contributed by atoms with Crippen molar-refractivity contribution in [1.29, 1.82) is 0 Å². The van der Waals surface area contributed by atoms with Crippen LogP contribution in [0.4, 0.5) is 5.69 Å². The lowest BCUT2D eigenvalue weighted by Crippen LogP contribution is -1.93. The molecule has 62 valence electrons. The smallest absolute Gasteiger partial charge is 0.239 e. The second-order valence-electron chi connectivity index (χ2n) is 2.39. The summed E-state index contributed by atoms with van der Waals surface area (Å²) in [6, 6.07) is 5.36. The van der Waals surface area contributed by atoms with Gasteiger partial charge in [-0.2, -0.15) is 0 Å². The highest BCUT2D eigenvalue weighted by molar-refractivity contribution is 5.53. The Hall–Kier alpha value is -1.69. The number of benzene rings is 1. The molecule has 1 aromatic rings. The van der Waals surface area contributed by atoms with Crippen molar-refractivity contribution in [2.45, 2.75) is 6.54 Å². The zero-order chi connectivity index (χ0) is 8.97. The molecular weight excluding hydrogens is 152 g/mol. The summed E-state index contributed by atoms with van der Waals surface area (Å²) in [5, 5.41) is 0. The molecule has 12 heavy (non-hydrogen) atoms. The summed E-state index contributed by atoms with van der Waals surface area (Å²) in [5.74, 6) is 0.635. The molecular formula is C9H10N2O. The van der Waals surface area contributed by atoms with Crippen molar-refractivity contribution in [2.75, 3.05) is 12.8 Å². The summed E-state index contributed by atoms with van der Waals surface area (Å²) in [6.07, 6.45) is 0. The van der Waals surface area contributed by atoms with Crippen molar-refractivity contribution in [3.63, 3.8) is 0 Å². The van der Waals surface area contributed by atoms with Crippen LogP contribution in [-0.4, -0.2) is 7.11 Å². The maximum absolute atomic E-state index is 6.67. The van der Waals surface area contributed by atoms with Gasteiger partial charge >= 0.3 is 0 Å². The summed E-state index contributed by atoms with van der Waals surface area (Å²) >= 11 is 0.